The Morgan fingerprint density at radius 3 is 2.62 bits per heavy atom. The zero-order valence-electron chi connectivity index (χ0n) is 10.2. The van der Waals surface area contributed by atoms with Gasteiger partial charge >= 0.3 is 0 Å². The first-order valence-corrected chi connectivity index (χ1v) is 5.70. The Labute approximate surface area is 96.7 Å². The highest BCUT2D eigenvalue weighted by Crippen LogP contribution is 2.25. The van der Waals surface area contributed by atoms with Crippen LogP contribution in [-0.4, -0.2) is 17.6 Å². The van der Waals surface area contributed by atoms with Crippen LogP contribution in [0.2, 0.25) is 0 Å². The summed E-state index contributed by atoms with van der Waals surface area (Å²) >= 11 is 0. The van der Waals surface area contributed by atoms with Crippen LogP contribution in [0.1, 0.15) is 32.3 Å². The summed E-state index contributed by atoms with van der Waals surface area (Å²) in [6.07, 6.45) is 1.39. The Kier molecular flexibility index (Phi) is 4.35. The molecule has 1 rings (SSSR count). The molecule has 0 spiro atoms. The molecule has 0 saturated carbocycles. The Morgan fingerprint density at radius 2 is 2.06 bits per heavy atom. The Balaban J connectivity index is 3.03. The smallest absolute Gasteiger partial charge is 0.226 e. The fourth-order valence-electron chi connectivity index (χ4n) is 1.72. The average Bonchev–Trinajstić information content (AvgIpc) is 2.24. The molecule has 0 aliphatic heterocycles. The van der Waals surface area contributed by atoms with Gasteiger partial charge in [-0.3, -0.25) is 4.79 Å². The van der Waals surface area contributed by atoms with Gasteiger partial charge in [-0.1, -0.05) is 13.0 Å². The highest BCUT2D eigenvalue weighted by molar-refractivity contribution is 5.94. The molecule has 0 aliphatic carbocycles. The molecular weight excluding hydrogens is 202 g/mol. The lowest BCUT2D eigenvalue weighted by atomic mass is 10.1. The Bertz CT molecular complexity index is 374. The van der Waals surface area contributed by atoms with Gasteiger partial charge in [0.1, 0.15) is 5.75 Å². The van der Waals surface area contributed by atoms with Crippen molar-refractivity contribution in [2.45, 2.75) is 33.6 Å². The summed E-state index contributed by atoms with van der Waals surface area (Å²) in [5.41, 5.74) is 1.81. The van der Waals surface area contributed by atoms with E-state index in [0.717, 1.165) is 17.7 Å². The summed E-state index contributed by atoms with van der Waals surface area (Å²) in [4.78, 5) is 13.6. The molecule has 0 aromatic heterocycles. The lowest BCUT2D eigenvalue weighted by Crippen LogP contribution is -2.30. The summed E-state index contributed by atoms with van der Waals surface area (Å²) in [6.45, 7) is 6.50. The standard InChI is InChI=1S/C13H19NO2/c1-4-6-13(16)14(5-2)12-9-11(15)8-7-10(12)3/h7-9,15H,4-6H2,1-3H3. The first-order chi connectivity index (χ1) is 7.60. The summed E-state index contributed by atoms with van der Waals surface area (Å²) in [7, 11) is 0. The maximum atomic E-state index is 11.9. The number of aromatic hydroxyl groups is 1. The molecule has 88 valence electrons. The number of benzene rings is 1. The van der Waals surface area contributed by atoms with Crippen molar-refractivity contribution in [1.29, 1.82) is 0 Å². The van der Waals surface area contributed by atoms with E-state index in [2.05, 4.69) is 0 Å². The molecule has 1 amide bonds. The molecule has 16 heavy (non-hydrogen) atoms. The number of aryl methyl sites for hydroxylation is 1. The van der Waals surface area contributed by atoms with Crippen LogP contribution >= 0.6 is 0 Å². The fourth-order valence-corrected chi connectivity index (χ4v) is 1.72. The molecule has 0 bridgehead atoms. The van der Waals surface area contributed by atoms with Gasteiger partial charge in [0.25, 0.3) is 0 Å². The van der Waals surface area contributed by atoms with Crippen molar-refractivity contribution in [3.8, 4) is 5.75 Å². The third-order valence-electron chi connectivity index (χ3n) is 2.56. The van der Waals surface area contributed by atoms with Gasteiger partial charge in [-0.2, -0.15) is 0 Å². The van der Waals surface area contributed by atoms with Crippen molar-refractivity contribution < 1.29 is 9.90 Å². The maximum absolute atomic E-state index is 11.9. The number of phenolic OH excluding ortho intramolecular Hbond substituents is 1. The molecule has 0 saturated heterocycles. The van der Waals surface area contributed by atoms with Crippen molar-refractivity contribution in [3.05, 3.63) is 23.8 Å². The predicted molar refractivity (Wildman–Crippen MR) is 65.8 cm³/mol. The van der Waals surface area contributed by atoms with Crippen LogP contribution in [0.3, 0.4) is 0 Å². The molecule has 1 N–H and O–H groups in total. The van der Waals surface area contributed by atoms with E-state index >= 15 is 0 Å². The molecular formula is C13H19NO2. The SMILES string of the molecule is CCCC(=O)N(CC)c1cc(O)ccc1C. The largest absolute Gasteiger partial charge is 0.508 e. The maximum Gasteiger partial charge on any atom is 0.226 e. The second kappa shape index (κ2) is 5.54. The molecule has 0 radical (unpaired) electrons. The summed E-state index contributed by atoms with van der Waals surface area (Å²) < 4.78 is 0. The normalized spacial score (nSPS) is 10.2. The second-order valence-electron chi connectivity index (χ2n) is 3.86. The third kappa shape index (κ3) is 2.75. The predicted octanol–water partition coefficient (Wildman–Crippen LogP) is 2.85. The van der Waals surface area contributed by atoms with Gasteiger partial charge < -0.3 is 10.0 Å². The van der Waals surface area contributed by atoms with E-state index in [1.807, 2.05) is 26.8 Å². The Hall–Kier alpha value is -1.51. The van der Waals surface area contributed by atoms with Crippen molar-refractivity contribution >= 4 is 11.6 Å². The van der Waals surface area contributed by atoms with Crippen LogP contribution in [0.5, 0.6) is 5.75 Å². The molecule has 0 unspecified atom stereocenters. The number of amides is 1. The number of carbonyl (C=O) groups is 1. The minimum Gasteiger partial charge on any atom is -0.508 e. The number of rotatable bonds is 4. The van der Waals surface area contributed by atoms with E-state index in [9.17, 15) is 9.90 Å². The van der Waals surface area contributed by atoms with Gasteiger partial charge in [-0.05, 0) is 31.9 Å². The van der Waals surface area contributed by atoms with Gasteiger partial charge in [0.05, 0.1) is 5.69 Å². The second-order valence-corrected chi connectivity index (χ2v) is 3.86. The zero-order valence-corrected chi connectivity index (χ0v) is 10.2. The summed E-state index contributed by atoms with van der Waals surface area (Å²) in [6, 6.07) is 5.11. The number of anilines is 1. The minimum absolute atomic E-state index is 0.110. The topological polar surface area (TPSA) is 40.5 Å². The van der Waals surface area contributed by atoms with Crippen LogP contribution in [0.4, 0.5) is 5.69 Å². The van der Waals surface area contributed by atoms with E-state index in [1.54, 1.807) is 17.0 Å². The number of phenols is 1. The van der Waals surface area contributed by atoms with E-state index in [4.69, 9.17) is 0 Å². The molecule has 0 fully saturated rings. The molecule has 3 nitrogen and oxygen atoms in total. The molecule has 0 heterocycles. The van der Waals surface area contributed by atoms with Crippen LogP contribution in [-0.2, 0) is 4.79 Å². The first kappa shape index (κ1) is 12.6. The number of nitrogens with zero attached hydrogens (tertiary/aromatic N) is 1. The average molecular weight is 221 g/mol. The van der Waals surface area contributed by atoms with Crippen molar-refractivity contribution in [3.63, 3.8) is 0 Å². The first-order valence-electron chi connectivity index (χ1n) is 5.70. The van der Waals surface area contributed by atoms with Crippen molar-refractivity contribution in [1.82, 2.24) is 0 Å². The van der Waals surface area contributed by atoms with Gasteiger partial charge in [0.15, 0.2) is 0 Å². The van der Waals surface area contributed by atoms with Gasteiger partial charge in [-0.15, -0.1) is 0 Å². The van der Waals surface area contributed by atoms with Gasteiger partial charge in [0, 0.05) is 19.0 Å². The van der Waals surface area contributed by atoms with Crippen LogP contribution in [0, 0.1) is 6.92 Å². The molecule has 1 aromatic carbocycles. The van der Waals surface area contributed by atoms with Crippen molar-refractivity contribution in [2.75, 3.05) is 11.4 Å². The molecule has 0 atom stereocenters. The van der Waals surface area contributed by atoms with Crippen molar-refractivity contribution in [2.24, 2.45) is 0 Å². The van der Waals surface area contributed by atoms with E-state index in [1.165, 1.54) is 0 Å². The molecule has 0 aliphatic rings. The molecule has 3 heteroatoms. The molecule has 1 aromatic rings. The third-order valence-corrected chi connectivity index (χ3v) is 2.56. The van der Waals surface area contributed by atoms with E-state index < -0.39 is 0 Å². The number of hydrogen-bond acceptors (Lipinski definition) is 2. The fraction of sp³-hybridized carbons (Fsp3) is 0.462. The summed E-state index contributed by atoms with van der Waals surface area (Å²) in [5, 5.41) is 9.46. The highest BCUT2D eigenvalue weighted by atomic mass is 16.3. The van der Waals surface area contributed by atoms with Crippen LogP contribution in [0.25, 0.3) is 0 Å². The number of hydrogen-bond donors (Lipinski definition) is 1. The zero-order chi connectivity index (χ0) is 12.1. The lowest BCUT2D eigenvalue weighted by Gasteiger charge is -2.23. The summed E-state index contributed by atoms with van der Waals surface area (Å²) in [5.74, 6) is 0.307. The van der Waals surface area contributed by atoms with Crippen LogP contribution < -0.4 is 4.90 Å². The van der Waals surface area contributed by atoms with Crippen LogP contribution in [0.15, 0.2) is 18.2 Å². The monoisotopic (exact) mass is 221 g/mol. The quantitative estimate of drug-likeness (QED) is 0.849. The van der Waals surface area contributed by atoms with E-state index in [-0.39, 0.29) is 11.7 Å². The Morgan fingerprint density at radius 1 is 1.38 bits per heavy atom. The van der Waals surface area contributed by atoms with Gasteiger partial charge in [0.2, 0.25) is 5.91 Å². The van der Waals surface area contributed by atoms with Gasteiger partial charge in [-0.25, -0.2) is 0 Å². The van der Waals surface area contributed by atoms with E-state index in [0.29, 0.717) is 13.0 Å². The minimum atomic E-state index is 0.110. The highest BCUT2D eigenvalue weighted by Gasteiger charge is 2.15. The number of carbonyl (C=O) groups excluding carboxylic acids is 1. The lowest BCUT2D eigenvalue weighted by molar-refractivity contribution is -0.118.